The molecule has 0 bridgehead atoms. The fraction of sp³-hybridized carbons (Fsp3) is 0.647. The highest BCUT2D eigenvalue weighted by atomic mass is 32.1. The van der Waals surface area contributed by atoms with Crippen LogP contribution in [-0.4, -0.2) is 53.4 Å². The summed E-state index contributed by atoms with van der Waals surface area (Å²) >= 11 is 1.71. The number of hydrogen-bond acceptors (Lipinski definition) is 8. The summed E-state index contributed by atoms with van der Waals surface area (Å²) in [6.07, 6.45) is 3.18. The van der Waals surface area contributed by atoms with Gasteiger partial charge in [0.25, 0.3) is 0 Å². The van der Waals surface area contributed by atoms with Crippen molar-refractivity contribution in [2.24, 2.45) is 0 Å². The van der Waals surface area contributed by atoms with Crippen LogP contribution in [0.1, 0.15) is 35.5 Å². The van der Waals surface area contributed by atoms with E-state index in [-0.39, 0.29) is 0 Å². The van der Waals surface area contributed by atoms with Crippen LogP contribution < -0.4 is 15.1 Å². The van der Waals surface area contributed by atoms with Gasteiger partial charge in [0.15, 0.2) is 0 Å². The molecule has 2 aromatic rings. The lowest BCUT2D eigenvalue weighted by atomic mass is 10.1. The highest BCUT2D eigenvalue weighted by molar-refractivity contribution is 7.11. The van der Waals surface area contributed by atoms with Gasteiger partial charge in [-0.3, -0.25) is 0 Å². The van der Waals surface area contributed by atoms with Gasteiger partial charge in [-0.05, 0) is 26.2 Å². The average molecular weight is 362 g/mol. The van der Waals surface area contributed by atoms with Crippen LogP contribution in [0.3, 0.4) is 0 Å². The molecule has 0 aromatic carbocycles. The van der Waals surface area contributed by atoms with Crippen LogP contribution in [-0.2, 0) is 13.0 Å². The van der Waals surface area contributed by atoms with Gasteiger partial charge in [0, 0.05) is 51.5 Å². The zero-order valence-corrected chi connectivity index (χ0v) is 16.3. The molecule has 1 fully saturated rings. The Hall–Kier alpha value is -1.80. The summed E-state index contributed by atoms with van der Waals surface area (Å²) in [6, 6.07) is 2.61. The largest absolute Gasteiger partial charge is 0.356 e. The lowest BCUT2D eigenvalue weighted by molar-refractivity contribution is 0.412. The summed E-state index contributed by atoms with van der Waals surface area (Å²) in [5.74, 6) is 1.81. The Bertz CT molecular complexity index is 692. The van der Waals surface area contributed by atoms with Crippen molar-refractivity contribution in [3.63, 3.8) is 0 Å². The quantitative estimate of drug-likeness (QED) is 0.844. The average Bonchev–Trinajstić information content (AvgIpc) is 3.08. The summed E-state index contributed by atoms with van der Waals surface area (Å²) in [5.41, 5.74) is 1.01. The van der Waals surface area contributed by atoms with Gasteiger partial charge in [-0.2, -0.15) is 4.98 Å². The van der Waals surface area contributed by atoms with E-state index in [1.165, 1.54) is 0 Å². The topological polar surface area (TPSA) is 70.1 Å². The Kier molecular flexibility index (Phi) is 5.80. The second-order valence-corrected chi connectivity index (χ2v) is 7.79. The molecule has 0 radical (unpaired) electrons. The highest BCUT2D eigenvalue weighted by Gasteiger charge is 2.21. The van der Waals surface area contributed by atoms with Gasteiger partial charge in [-0.1, -0.05) is 6.92 Å². The van der Waals surface area contributed by atoms with Crippen molar-refractivity contribution in [2.75, 3.05) is 37.0 Å². The first kappa shape index (κ1) is 18.0. The molecular formula is C17H27N7S. The van der Waals surface area contributed by atoms with Gasteiger partial charge in [0.2, 0.25) is 5.95 Å². The molecule has 3 heterocycles. The number of anilines is 2. The van der Waals surface area contributed by atoms with Crippen LogP contribution >= 0.6 is 11.3 Å². The van der Waals surface area contributed by atoms with Crippen LogP contribution in [0.4, 0.5) is 11.8 Å². The molecule has 0 saturated carbocycles. The zero-order valence-electron chi connectivity index (χ0n) is 15.5. The number of aromatic nitrogens is 4. The van der Waals surface area contributed by atoms with Crippen molar-refractivity contribution in [3.8, 4) is 0 Å². The number of hydrogen-bond donors (Lipinski definition) is 1. The third-order valence-corrected chi connectivity index (χ3v) is 5.47. The minimum atomic E-state index is 0.529. The number of aryl methyl sites for hydroxylation is 2. The van der Waals surface area contributed by atoms with Crippen LogP contribution in [0.5, 0.6) is 0 Å². The fourth-order valence-electron chi connectivity index (χ4n) is 2.95. The Morgan fingerprint density at radius 1 is 1.20 bits per heavy atom. The van der Waals surface area contributed by atoms with Crippen LogP contribution in [0.15, 0.2) is 6.07 Å². The van der Waals surface area contributed by atoms with Crippen molar-refractivity contribution in [1.82, 2.24) is 25.5 Å². The lowest BCUT2D eigenvalue weighted by Gasteiger charge is -2.33. The van der Waals surface area contributed by atoms with E-state index in [0.29, 0.717) is 6.04 Å². The molecule has 0 aliphatic carbocycles. The van der Waals surface area contributed by atoms with E-state index in [1.54, 1.807) is 11.3 Å². The lowest BCUT2D eigenvalue weighted by Crippen LogP contribution is -2.42. The van der Waals surface area contributed by atoms with E-state index < -0.39 is 0 Å². The minimum Gasteiger partial charge on any atom is -0.356 e. The molecule has 0 unspecified atom stereocenters. The van der Waals surface area contributed by atoms with Gasteiger partial charge in [0.05, 0.1) is 0 Å². The molecule has 2 aromatic heterocycles. The molecule has 1 saturated heterocycles. The molecule has 1 aliphatic heterocycles. The Balaban J connectivity index is 1.53. The van der Waals surface area contributed by atoms with Crippen molar-refractivity contribution in [3.05, 3.63) is 21.8 Å². The monoisotopic (exact) mass is 361 g/mol. The molecule has 0 atom stereocenters. The van der Waals surface area contributed by atoms with E-state index in [4.69, 9.17) is 4.98 Å². The fourth-order valence-corrected chi connectivity index (χ4v) is 3.68. The Morgan fingerprint density at radius 2 is 1.92 bits per heavy atom. The van der Waals surface area contributed by atoms with Crippen molar-refractivity contribution < 1.29 is 0 Å². The third kappa shape index (κ3) is 4.64. The van der Waals surface area contributed by atoms with Gasteiger partial charge in [0.1, 0.15) is 15.8 Å². The predicted molar refractivity (Wildman–Crippen MR) is 102 cm³/mol. The second-order valence-electron chi connectivity index (χ2n) is 6.65. The van der Waals surface area contributed by atoms with E-state index in [1.807, 2.05) is 25.9 Å². The van der Waals surface area contributed by atoms with Gasteiger partial charge >= 0.3 is 0 Å². The van der Waals surface area contributed by atoms with Crippen molar-refractivity contribution in [1.29, 1.82) is 0 Å². The molecule has 136 valence electrons. The molecule has 0 amide bonds. The predicted octanol–water partition coefficient (Wildman–Crippen LogP) is 2.02. The SMILES string of the molecule is CCc1nnc(CNC2CCN(c3cc(C)nc(N(C)C)n3)CC2)s1. The highest BCUT2D eigenvalue weighted by Crippen LogP contribution is 2.21. The van der Waals surface area contributed by atoms with Gasteiger partial charge in [-0.15, -0.1) is 21.5 Å². The second kappa shape index (κ2) is 8.05. The number of piperidine rings is 1. The first-order chi connectivity index (χ1) is 12.0. The molecule has 1 aliphatic rings. The number of nitrogens with zero attached hydrogens (tertiary/aromatic N) is 6. The molecule has 7 nitrogen and oxygen atoms in total. The summed E-state index contributed by atoms with van der Waals surface area (Å²) in [6.45, 7) is 6.98. The van der Waals surface area contributed by atoms with E-state index in [2.05, 4.69) is 38.4 Å². The maximum absolute atomic E-state index is 4.69. The smallest absolute Gasteiger partial charge is 0.226 e. The molecule has 1 N–H and O–H groups in total. The van der Waals surface area contributed by atoms with E-state index >= 15 is 0 Å². The third-order valence-electron chi connectivity index (χ3n) is 4.40. The Labute approximate surface area is 153 Å². The van der Waals surface area contributed by atoms with Crippen molar-refractivity contribution in [2.45, 2.75) is 45.7 Å². The summed E-state index contributed by atoms with van der Waals surface area (Å²) in [5, 5.41) is 14.3. The maximum atomic E-state index is 4.69. The molecule has 25 heavy (non-hydrogen) atoms. The summed E-state index contributed by atoms with van der Waals surface area (Å²) < 4.78 is 0. The Morgan fingerprint density at radius 3 is 2.56 bits per heavy atom. The van der Waals surface area contributed by atoms with Gasteiger partial charge in [-0.25, -0.2) is 4.98 Å². The first-order valence-corrected chi connectivity index (χ1v) is 9.69. The maximum Gasteiger partial charge on any atom is 0.226 e. The molecular weight excluding hydrogens is 334 g/mol. The van der Waals surface area contributed by atoms with Crippen LogP contribution in [0.2, 0.25) is 0 Å². The minimum absolute atomic E-state index is 0.529. The summed E-state index contributed by atoms with van der Waals surface area (Å²) in [4.78, 5) is 13.5. The van der Waals surface area contributed by atoms with Crippen molar-refractivity contribution >= 4 is 23.1 Å². The van der Waals surface area contributed by atoms with Crippen LogP contribution in [0.25, 0.3) is 0 Å². The molecule has 0 spiro atoms. The number of rotatable bonds is 6. The summed E-state index contributed by atoms with van der Waals surface area (Å²) in [7, 11) is 3.96. The van der Waals surface area contributed by atoms with E-state index in [0.717, 1.165) is 66.4 Å². The van der Waals surface area contributed by atoms with Crippen LogP contribution in [0, 0.1) is 6.92 Å². The standard InChI is InChI=1S/C17H27N7S/c1-5-15-21-22-16(25-15)11-18-13-6-8-24(9-7-13)14-10-12(2)19-17(20-14)23(3)4/h10,13,18H,5-9,11H2,1-4H3. The zero-order chi connectivity index (χ0) is 17.8. The number of nitrogens with one attached hydrogen (secondary N) is 1. The molecule has 8 heteroatoms. The first-order valence-electron chi connectivity index (χ1n) is 8.87. The van der Waals surface area contributed by atoms with Gasteiger partial charge < -0.3 is 15.1 Å². The normalized spacial score (nSPS) is 15.6. The van der Waals surface area contributed by atoms with E-state index in [9.17, 15) is 0 Å². The molecule has 3 rings (SSSR count).